The van der Waals surface area contributed by atoms with Crippen molar-refractivity contribution in [2.24, 2.45) is 0 Å². The third kappa shape index (κ3) is 4.56. The van der Waals surface area contributed by atoms with Crippen molar-refractivity contribution in [2.75, 3.05) is 13.6 Å². The predicted octanol–water partition coefficient (Wildman–Crippen LogP) is 0.0976. The Labute approximate surface area is 108 Å². The molecule has 1 aromatic carbocycles. The molecular formula is C14H20N3O+. The van der Waals surface area contributed by atoms with Crippen molar-refractivity contribution in [2.45, 2.75) is 26.4 Å². The molecule has 0 fully saturated rings. The first-order valence-corrected chi connectivity index (χ1v) is 6.11. The van der Waals surface area contributed by atoms with Gasteiger partial charge in [-0.15, -0.1) is 0 Å². The van der Waals surface area contributed by atoms with Gasteiger partial charge in [0.15, 0.2) is 6.54 Å². The van der Waals surface area contributed by atoms with Gasteiger partial charge in [0.1, 0.15) is 6.54 Å². The maximum Gasteiger partial charge on any atom is 0.275 e. The molecule has 4 nitrogen and oxygen atoms in total. The van der Waals surface area contributed by atoms with Crippen LogP contribution in [0.3, 0.4) is 0 Å². The highest BCUT2D eigenvalue weighted by molar-refractivity contribution is 5.77. The summed E-state index contributed by atoms with van der Waals surface area (Å²) in [7, 11) is 1.95. The summed E-state index contributed by atoms with van der Waals surface area (Å²) < 4.78 is 0. The number of likely N-dealkylation sites (N-methyl/N-ethyl adjacent to an activating group) is 1. The zero-order valence-corrected chi connectivity index (χ0v) is 11.2. The Hall–Kier alpha value is -1.86. The van der Waals surface area contributed by atoms with E-state index in [1.54, 1.807) is 6.07 Å². The van der Waals surface area contributed by atoms with Crippen LogP contribution in [0.15, 0.2) is 24.3 Å². The second-order valence-electron chi connectivity index (χ2n) is 4.80. The molecule has 0 aliphatic heterocycles. The number of rotatable bonds is 5. The molecule has 96 valence electrons. The molecule has 1 atom stereocenters. The van der Waals surface area contributed by atoms with Gasteiger partial charge in [0.25, 0.3) is 5.91 Å². The van der Waals surface area contributed by atoms with Gasteiger partial charge in [-0.25, -0.2) is 0 Å². The molecule has 0 aliphatic rings. The number of benzene rings is 1. The lowest BCUT2D eigenvalue weighted by Gasteiger charge is -2.15. The number of carbonyl (C=O) groups excluding carboxylic acids is 1. The summed E-state index contributed by atoms with van der Waals surface area (Å²) in [6.07, 6.45) is 0. The second kappa shape index (κ2) is 6.77. The average Bonchev–Trinajstić information content (AvgIpc) is 2.28. The summed E-state index contributed by atoms with van der Waals surface area (Å²) in [6, 6.07) is 9.84. The number of hydrogen-bond acceptors (Lipinski definition) is 2. The number of nitrogens with one attached hydrogen (secondary N) is 2. The van der Waals surface area contributed by atoms with Crippen molar-refractivity contribution < 1.29 is 9.69 Å². The van der Waals surface area contributed by atoms with Crippen molar-refractivity contribution >= 4 is 5.91 Å². The zero-order valence-electron chi connectivity index (χ0n) is 11.2. The minimum Gasteiger partial charge on any atom is -0.349 e. The fourth-order valence-electron chi connectivity index (χ4n) is 1.82. The minimum absolute atomic E-state index is 0.0388. The molecule has 0 heterocycles. The number of nitriles is 1. The molecule has 1 rings (SSSR count). The molecule has 0 saturated carbocycles. The van der Waals surface area contributed by atoms with Crippen molar-refractivity contribution in [1.82, 2.24) is 5.32 Å². The largest absolute Gasteiger partial charge is 0.349 e. The Morgan fingerprint density at radius 1 is 1.44 bits per heavy atom. The van der Waals surface area contributed by atoms with Gasteiger partial charge in [0.05, 0.1) is 18.7 Å². The molecule has 1 aromatic rings. The highest BCUT2D eigenvalue weighted by atomic mass is 16.2. The van der Waals surface area contributed by atoms with Gasteiger partial charge < -0.3 is 10.2 Å². The second-order valence-corrected chi connectivity index (χ2v) is 4.80. The van der Waals surface area contributed by atoms with Crippen LogP contribution in [0.5, 0.6) is 0 Å². The zero-order chi connectivity index (χ0) is 13.5. The maximum absolute atomic E-state index is 11.6. The van der Waals surface area contributed by atoms with Crippen LogP contribution in [0.4, 0.5) is 0 Å². The predicted molar refractivity (Wildman–Crippen MR) is 69.9 cm³/mol. The van der Waals surface area contributed by atoms with Gasteiger partial charge in [0.2, 0.25) is 0 Å². The van der Waals surface area contributed by atoms with E-state index in [-0.39, 0.29) is 11.9 Å². The summed E-state index contributed by atoms with van der Waals surface area (Å²) in [5.41, 5.74) is 1.66. The van der Waals surface area contributed by atoms with Crippen LogP contribution in [0.1, 0.15) is 25.0 Å². The molecular weight excluding hydrogens is 226 g/mol. The van der Waals surface area contributed by atoms with E-state index in [2.05, 4.69) is 11.4 Å². The summed E-state index contributed by atoms with van der Waals surface area (Å²) in [4.78, 5) is 12.7. The lowest BCUT2D eigenvalue weighted by Crippen LogP contribution is -3.09. The standard InChI is InChI=1S/C14H19N3O/c1-11(2)16-14(18)10-17(3)9-13-7-5-4-6-12(13)8-15/h4-7,11H,9-10H2,1-3H3,(H,16,18)/p+1. The van der Waals surface area contributed by atoms with E-state index in [9.17, 15) is 4.79 Å². The molecule has 0 spiro atoms. The Morgan fingerprint density at radius 2 is 2.11 bits per heavy atom. The van der Waals surface area contributed by atoms with Crippen molar-refractivity contribution in [3.63, 3.8) is 0 Å². The first-order valence-electron chi connectivity index (χ1n) is 6.11. The van der Waals surface area contributed by atoms with Crippen LogP contribution < -0.4 is 10.2 Å². The van der Waals surface area contributed by atoms with E-state index < -0.39 is 0 Å². The van der Waals surface area contributed by atoms with E-state index in [1.165, 1.54) is 0 Å². The monoisotopic (exact) mass is 246 g/mol. The molecule has 0 aliphatic carbocycles. The lowest BCUT2D eigenvalue weighted by molar-refractivity contribution is -0.885. The highest BCUT2D eigenvalue weighted by Gasteiger charge is 2.12. The van der Waals surface area contributed by atoms with Crippen molar-refractivity contribution in [3.05, 3.63) is 35.4 Å². The molecule has 0 radical (unpaired) electrons. The topological polar surface area (TPSA) is 57.3 Å². The van der Waals surface area contributed by atoms with Gasteiger partial charge in [0, 0.05) is 11.6 Å². The molecule has 4 heteroatoms. The van der Waals surface area contributed by atoms with Crippen LogP contribution >= 0.6 is 0 Å². The molecule has 0 saturated heterocycles. The van der Waals surface area contributed by atoms with Gasteiger partial charge in [-0.05, 0) is 19.9 Å². The van der Waals surface area contributed by atoms with Crippen LogP contribution in [-0.4, -0.2) is 25.5 Å². The smallest absolute Gasteiger partial charge is 0.275 e. The van der Waals surface area contributed by atoms with Crippen molar-refractivity contribution in [3.8, 4) is 6.07 Å². The third-order valence-corrected chi connectivity index (χ3v) is 2.54. The van der Waals surface area contributed by atoms with Crippen LogP contribution in [0.25, 0.3) is 0 Å². The van der Waals surface area contributed by atoms with Crippen LogP contribution in [0, 0.1) is 11.3 Å². The first kappa shape index (κ1) is 14.2. The van der Waals surface area contributed by atoms with Crippen LogP contribution in [0.2, 0.25) is 0 Å². The van der Waals surface area contributed by atoms with Crippen molar-refractivity contribution in [1.29, 1.82) is 5.26 Å². The SMILES string of the molecule is CC(C)NC(=O)C[NH+](C)Cc1ccccc1C#N. The maximum atomic E-state index is 11.6. The fraction of sp³-hybridized carbons (Fsp3) is 0.429. The van der Waals surface area contributed by atoms with Gasteiger partial charge in [-0.3, -0.25) is 4.79 Å². The first-order chi connectivity index (χ1) is 8.52. The van der Waals surface area contributed by atoms with Gasteiger partial charge in [-0.1, -0.05) is 18.2 Å². The van der Waals surface area contributed by atoms with E-state index in [1.807, 2.05) is 39.1 Å². The Balaban J connectivity index is 2.57. The summed E-state index contributed by atoms with van der Waals surface area (Å²) in [6.45, 7) is 4.98. The van der Waals surface area contributed by atoms with E-state index in [0.717, 1.165) is 10.5 Å². The average molecular weight is 246 g/mol. The normalized spacial score (nSPS) is 11.9. The third-order valence-electron chi connectivity index (χ3n) is 2.54. The molecule has 2 N–H and O–H groups in total. The molecule has 1 amide bonds. The van der Waals surface area contributed by atoms with Gasteiger partial charge >= 0.3 is 0 Å². The van der Waals surface area contributed by atoms with E-state index in [4.69, 9.17) is 5.26 Å². The highest BCUT2D eigenvalue weighted by Crippen LogP contribution is 2.04. The van der Waals surface area contributed by atoms with Crippen LogP contribution in [-0.2, 0) is 11.3 Å². The summed E-state index contributed by atoms with van der Waals surface area (Å²) in [5, 5.41) is 11.9. The molecule has 0 bridgehead atoms. The Kier molecular flexibility index (Phi) is 5.34. The van der Waals surface area contributed by atoms with E-state index >= 15 is 0 Å². The number of nitrogens with zero attached hydrogens (tertiary/aromatic N) is 1. The summed E-state index contributed by atoms with van der Waals surface area (Å²) in [5.74, 6) is 0.0388. The number of amides is 1. The fourth-order valence-corrected chi connectivity index (χ4v) is 1.82. The Bertz CT molecular complexity index is 449. The molecule has 1 unspecified atom stereocenters. The minimum atomic E-state index is 0.0388. The van der Waals surface area contributed by atoms with E-state index in [0.29, 0.717) is 18.7 Å². The van der Waals surface area contributed by atoms with Gasteiger partial charge in [-0.2, -0.15) is 5.26 Å². The Morgan fingerprint density at radius 3 is 2.72 bits per heavy atom. The lowest BCUT2D eigenvalue weighted by atomic mass is 10.1. The quantitative estimate of drug-likeness (QED) is 0.774. The number of quaternary nitrogens is 1. The molecule has 0 aromatic heterocycles. The number of hydrogen-bond donors (Lipinski definition) is 2. The molecule has 18 heavy (non-hydrogen) atoms. The number of carbonyl (C=O) groups is 1. The summed E-state index contributed by atoms with van der Waals surface area (Å²) >= 11 is 0.